The van der Waals surface area contributed by atoms with Gasteiger partial charge in [-0.25, -0.2) is 0 Å². The summed E-state index contributed by atoms with van der Waals surface area (Å²) in [6.45, 7) is 3.58. The molecule has 1 aromatic carbocycles. The van der Waals surface area contributed by atoms with Crippen LogP contribution in [-0.2, 0) is 22.7 Å². The molecule has 0 aromatic heterocycles. The van der Waals surface area contributed by atoms with Crippen LogP contribution in [0.3, 0.4) is 0 Å². The van der Waals surface area contributed by atoms with Crippen LogP contribution in [0.1, 0.15) is 38.3 Å². The third-order valence-corrected chi connectivity index (χ3v) is 5.55. The van der Waals surface area contributed by atoms with Crippen LogP contribution in [0.5, 0.6) is 0 Å². The van der Waals surface area contributed by atoms with Crippen LogP contribution < -0.4 is 11.1 Å². The molecule has 1 aliphatic heterocycles. The lowest BCUT2D eigenvalue weighted by Gasteiger charge is -2.32. The molecule has 11 heteroatoms. The number of alkyl halides is 3. The number of nitrogens with two attached hydrogens (primary N) is 1. The monoisotopic (exact) mass is 465 g/mol. The van der Waals surface area contributed by atoms with E-state index in [1.54, 1.807) is 32.9 Å². The predicted molar refractivity (Wildman–Crippen MR) is 108 cm³/mol. The molecule has 1 heterocycles. The summed E-state index contributed by atoms with van der Waals surface area (Å²) >= 11 is 6.02. The van der Waals surface area contributed by atoms with E-state index in [0.29, 0.717) is 21.0 Å². The van der Waals surface area contributed by atoms with Gasteiger partial charge in [0.1, 0.15) is 6.10 Å². The van der Waals surface area contributed by atoms with E-state index < -0.39 is 54.1 Å². The highest BCUT2D eigenvalue weighted by atomic mass is 35.5. The lowest BCUT2D eigenvalue weighted by atomic mass is 9.88. The molecule has 2 rings (SSSR count). The molecule has 7 nitrogen and oxygen atoms in total. The Morgan fingerprint density at radius 1 is 1.32 bits per heavy atom. The number of hydrogen-bond acceptors (Lipinski definition) is 6. The summed E-state index contributed by atoms with van der Waals surface area (Å²) in [4.78, 5) is 26.8. The fraction of sp³-hybridized carbons (Fsp3) is 0.600. The number of rotatable bonds is 5. The molecule has 0 radical (unpaired) electrons. The first kappa shape index (κ1) is 25.5. The number of carbonyl (C=O) groups is 2. The zero-order valence-corrected chi connectivity index (χ0v) is 18.2. The standard InChI is InChI=1S/C20H27ClF3N3O4/c1-18(2,3)15(28)17(30)27(9-12-6-13(21)5-4-11(12)8-25)16(29)14-7-19(31,10-26-14)20(22,23)24/h4-6,14-15,26,28,31H,7-10,25H2,1-3H3/t14-,15+,19?/m0/s1. The normalized spacial score (nSPS) is 23.0. The largest absolute Gasteiger partial charge is 0.418 e. The van der Waals surface area contributed by atoms with Crippen LogP contribution in [0.2, 0.25) is 5.02 Å². The highest BCUT2D eigenvalue weighted by Gasteiger charge is 2.59. The molecule has 174 valence electrons. The molecular weight excluding hydrogens is 439 g/mol. The van der Waals surface area contributed by atoms with Crippen LogP contribution in [0.25, 0.3) is 0 Å². The Morgan fingerprint density at radius 3 is 2.42 bits per heavy atom. The average Bonchev–Trinajstić information content (AvgIpc) is 3.07. The molecule has 2 amide bonds. The fourth-order valence-corrected chi connectivity index (χ4v) is 3.44. The second-order valence-corrected chi connectivity index (χ2v) is 9.25. The number of carbonyl (C=O) groups excluding carboxylic acids is 2. The quantitative estimate of drug-likeness (QED) is 0.526. The van der Waals surface area contributed by atoms with Gasteiger partial charge in [-0.1, -0.05) is 38.4 Å². The van der Waals surface area contributed by atoms with Crippen LogP contribution in [0, 0.1) is 5.41 Å². The second kappa shape index (κ2) is 9.03. The van der Waals surface area contributed by atoms with Crippen molar-refractivity contribution < 1.29 is 33.0 Å². The highest BCUT2D eigenvalue weighted by molar-refractivity contribution is 6.30. The number of aliphatic hydroxyl groups excluding tert-OH is 1. The molecule has 1 saturated heterocycles. The maximum absolute atomic E-state index is 13.2. The van der Waals surface area contributed by atoms with Gasteiger partial charge in [0.05, 0.1) is 12.6 Å². The Bertz CT molecular complexity index is 844. The zero-order chi connectivity index (χ0) is 23.8. The Labute approximate surface area is 183 Å². The second-order valence-electron chi connectivity index (χ2n) is 8.82. The first-order chi connectivity index (χ1) is 14.1. The van der Waals surface area contributed by atoms with Gasteiger partial charge in [0.15, 0.2) is 5.60 Å². The molecule has 1 fully saturated rings. The van der Waals surface area contributed by atoms with E-state index in [2.05, 4.69) is 5.32 Å². The van der Waals surface area contributed by atoms with Gasteiger partial charge in [-0.05, 0) is 28.7 Å². The van der Waals surface area contributed by atoms with E-state index in [4.69, 9.17) is 17.3 Å². The zero-order valence-electron chi connectivity index (χ0n) is 17.5. The number of halogens is 4. The van der Waals surface area contributed by atoms with E-state index in [0.717, 1.165) is 0 Å². The highest BCUT2D eigenvalue weighted by Crippen LogP contribution is 2.37. The van der Waals surface area contributed by atoms with Gasteiger partial charge < -0.3 is 21.3 Å². The Balaban J connectivity index is 2.40. The van der Waals surface area contributed by atoms with Crippen molar-refractivity contribution in [2.75, 3.05) is 6.54 Å². The van der Waals surface area contributed by atoms with Crippen LogP contribution in [-0.4, -0.2) is 57.4 Å². The Hall–Kier alpha value is -1.72. The number of amides is 2. The third-order valence-electron chi connectivity index (χ3n) is 5.31. The molecule has 0 aliphatic carbocycles. The van der Waals surface area contributed by atoms with E-state index >= 15 is 0 Å². The summed E-state index contributed by atoms with van der Waals surface area (Å²) in [6, 6.07) is 3.21. The Kier molecular flexibility index (Phi) is 7.44. The minimum absolute atomic E-state index is 0.0695. The number of β-amino-alcohol motifs (C(OH)–C–C–N with tert-alkyl or cyclic N) is 1. The summed E-state index contributed by atoms with van der Waals surface area (Å²) in [6.07, 6.45) is -7.50. The van der Waals surface area contributed by atoms with Crippen molar-refractivity contribution in [1.82, 2.24) is 10.2 Å². The van der Waals surface area contributed by atoms with E-state index in [1.165, 1.54) is 6.07 Å². The van der Waals surface area contributed by atoms with Crippen molar-refractivity contribution >= 4 is 23.4 Å². The molecule has 0 saturated carbocycles. The number of nitrogens with zero attached hydrogens (tertiary/aromatic N) is 1. The van der Waals surface area contributed by atoms with Crippen LogP contribution >= 0.6 is 11.6 Å². The van der Waals surface area contributed by atoms with Gasteiger partial charge in [-0.15, -0.1) is 0 Å². The van der Waals surface area contributed by atoms with Crippen molar-refractivity contribution in [2.45, 2.75) is 64.2 Å². The maximum Gasteiger partial charge on any atom is 0.418 e. The third kappa shape index (κ3) is 5.56. The maximum atomic E-state index is 13.2. The van der Waals surface area contributed by atoms with Gasteiger partial charge in [-0.3, -0.25) is 14.5 Å². The van der Waals surface area contributed by atoms with Crippen LogP contribution in [0.4, 0.5) is 13.2 Å². The topological polar surface area (TPSA) is 116 Å². The summed E-state index contributed by atoms with van der Waals surface area (Å²) in [5, 5.41) is 23.0. The molecule has 3 atom stereocenters. The molecule has 1 aromatic rings. The van der Waals surface area contributed by atoms with Gasteiger partial charge in [-0.2, -0.15) is 13.2 Å². The minimum Gasteiger partial charge on any atom is -0.383 e. The minimum atomic E-state index is -4.95. The number of imide groups is 1. The predicted octanol–water partition coefficient (Wildman–Crippen LogP) is 1.72. The number of benzene rings is 1. The molecule has 1 unspecified atom stereocenters. The fourth-order valence-electron chi connectivity index (χ4n) is 3.25. The van der Waals surface area contributed by atoms with Gasteiger partial charge in [0.2, 0.25) is 5.91 Å². The SMILES string of the molecule is CC(C)(C)[C@H](O)C(=O)N(Cc1cc(Cl)ccc1CN)C(=O)[C@@H]1CC(O)(C(F)(F)F)CN1. The van der Waals surface area contributed by atoms with Crippen molar-refractivity contribution in [3.63, 3.8) is 0 Å². The first-order valence-corrected chi connectivity index (χ1v) is 10.0. The number of aliphatic hydroxyl groups is 2. The summed E-state index contributed by atoms with van der Waals surface area (Å²) in [5.74, 6) is -1.96. The van der Waals surface area contributed by atoms with E-state index in [1.807, 2.05) is 0 Å². The summed E-state index contributed by atoms with van der Waals surface area (Å²) in [5.41, 5.74) is 2.68. The molecular formula is C20H27ClF3N3O4. The number of hydrogen-bond donors (Lipinski definition) is 4. The molecule has 31 heavy (non-hydrogen) atoms. The smallest absolute Gasteiger partial charge is 0.383 e. The Morgan fingerprint density at radius 2 is 1.94 bits per heavy atom. The molecule has 5 N–H and O–H groups in total. The van der Waals surface area contributed by atoms with E-state index in [-0.39, 0.29) is 13.1 Å². The molecule has 1 aliphatic rings. The van der Waals surface area contributed by atoms with Gasteiger partial charge in [0, 0.05) is 24.5 Å². The van der Waals surface area contributed by atoms with Crippen LogP contribution in [0.15, 0.2) is 18.2 Å². The summed E-state index contributed by atoms with van der Waals surface area (Å²) in [7, 11) is 0. The van der Waals surface area contributed by atoms with Crippen molar-refractivity contribution in [3.05, 3.63) is 34.3 Å². The lowest BCUT2D eigenvalue weighted by molar-refractivity contribution is -0.252. The van der Waals surface area contributed by atoms with Crippen molar-refractivity contribution in [3.8, 4) is 0 Å². The molecule has 0 spiro atoms. The lowest BCUT2D eigenvalue weighted by Crippen LogP contribution is -2.52. The summed E-state index contributed by atoms with van der Waals surface area (Å²) < 4.78 is 39.5. The average molecular weight is 466 g/mol. The van der Waals surface area contributed by atoms with Gasteiger partial charge in [0.25, 0.3) is 5.91 Å². The molecule has 0 bridgehead atoms. The number of nitrogens with one attached hydrogen (secondary N) is 1. The van der Waals surface area contributed by atoms with Crippen molar-refractivity contribution in [1.29, 1.82) is 0 Å². The van der Waals surface area contributed by atoms with E-state index in [9.17, 15) is 33.0 Å². The van der Waals surface area contributed by atoms with Crippen molar-refractivity contribution in [2.24, 2.45) is 11.1 Å². The van der Waals surface area contributed by atoms with Gasteiger partial charge >= 0.3 is 6.18 Å². The first-order valence-electron chi connectivity index (χ1n) is 9.64.